The van der Waals surface area contributed by atoms with E-state index in [0.717, 1.165) is 11.1 Å². The van der Waals surface area contributed by atoms with E-state index >= 15 is 0 Å². The molecule has 0 unspecified atom stereocenters. The quantitative estimate of drug-likeness (QED) is 0.845. The molecule has 2 rings (SSSR count). The van der Waals surface area contributed by atoms with Gasteiger partial charge in [0.25, 0.3) is 0 Å². The Bertz CT molecular complexity index is 537. The minimum Gasteiger partial charge on any atom is -0.391 e. The summed E-state index contributed by atoms with van der Waals surface area (Å²) >= 11 is 0. The molecule has 1 N–H and O–H groups in total. The van der Waals surface area contributed by atoms with Gasteiger partial charge in [-0.1, -0.05) is 43.7 Å². The molecule has 0 spiro atoms. The molecule has 1 aromatic carbocycles. The van der Waals surface area contributed by atoms with Crippen LogP contribution in [-0.2, 0) is 15.0 Å². The largest absolute Gasteiger partial charge is 0.391 e. The molecule has 114 valence electrons. The fraction of sp³-hybridized carbons (Fsp3) is 0.529. The predicted molar refractivity (Wildman–Crippen MR) is 80.8 cm³/mol. The van der Waals surface area contributed by atoms with Crippen LogP contribution in [0.3, 0.4) is 0 Å². The van der Waals surface area contributed by atoms with E-state index in [2.05, 4.69) is 0 Å². The Morgan fingerprint density at radius 1 is 1.24 bits per heavy atom. The standard InChI is InChI=1S/C17H23NO3/c1-4-14(19)11-18-15(20)10-17(5-2,16(18)21)13-8-6-12(3)7-9-13/h6-9,14,19H,4-5,10-11H2,1-3H3/t14-,17+/m0/s1. The van der Waals surface area contributed by atoms with E-state index in [-0.39, 0.29) is 24.8 Å². The number of carbonyl (C=O) groups excluding carboxylic acids is 2. The number of hydrogen-bond donors (Lipinski definition) is 1. The molecule has 21 heavy (non-hydrogen) atoms. The first-order chi connectivity index (χ1) is 9.94. The summed E-state index contributed by atoms with van der Waals surface area (Å²) in [6.07, 6.45) is 0.658. The van der Waals surface area contributed by atoms with E-state index in [4.69, 9.17) is 0 Å². The molecule has 1 saturated heterocycles. The zero-order valence-electron chi connectivity index (χ0n) is 12.9. The molecule has 1 aliphatic rings. The summed E-state index contributed by atoms with van der Waals surface area (Å²) in [6.45, 7) is 5.86. The number of aryl methyl sites for hydroxylation is 1. The van der Waals surface area contributed by atoms with E-state index < -0.39 is 11.5 Å². The number of likely N-dealkylation sites (tertiary alicyclic amines) is 1. The van der Waals surface area contributed by atoms with Gasteiger partial charge in [-0.15, -0.1) is 0 Å². The Hall–Kier alpha value is -1.68. The second kappa shape index (κ2) is 5.98. The Morgan fingerprint density at radius 3 is 2.38 bits per heavy atom. The third-order valence-electron chi connectivity index (χ3n) is 4.48. The van der Waals surface area contributed by atoms with E-state index in [0.29, 0.717) is 12.8 Å². The van der Waals surface area contributed by atoms with Crippen molar-refractivity contribution >= 4 is 11.8 Å². The highest BCUT2D eigenvalue weighted by molar-refractivity contribution is 6.09. The van der Waals surface area contributed by atoms with Crippen LogP contribution in [0.25, 0.3) is 0 Å². The Kier molecular flexibility index (Phi) is 4.47. The highest BCUT2D eigenvalue weighted by Crippen LogP contribution is 2.39. The number of imide groups is 1. The maximum absolute atomic E-state index is 12.8. The van der Waals surface area contributed by atoms with Gasteiger partial charge in [-0.3, -0.25) is 14.5 Å². The summed E-state index contributed by atoms with van der Waals surface area (Å²) in [6, 6.07) is 7.80. The third kappa shape index (κ3) is 2.72. The minimum atomic E-state index is -0.766. The van der Waals surface area contributed by atoms with Crippen molar-refractivity contribution in [2.45, 2.75) is 51.6 Å². The molecule has 2 amide bonds. The Balaban J connectivity index is 2.35. The van der Waals surface area contributed by atoms with Crippen LogP contribution in [-0.4, -0.2) is 34.5 Å². The summed E-state index contributed by atoms with van der Waals surface area (Å²) in [5, 5.41) is 9.76. The molecule has 4 nitrogen and oxygen atoms in total. The lowest BCUT2D eigenvalue weighted by Crippen LogP contribution is -2.41. The van der Waals surface area contributed by atoms with Crippen molar-refractivity contribution in [2.24, 2.45) is 0 Å². The van der Waals surface area contributed by atoms with Crippen LogP contribution in [0, 0.1) is 6.92 Å². The highest BCUT2D eigenvalue weighted by Gasteiger charge is 2.51. The molecule has 1 heterocycles. The summed E-state index contributed by atoms with van der Waals surface area (Å²) in [5.74, 6) is -0.360. The van der Waals surface area contributed by atoms with Crippen molar-refractivity contribution in [1.82, 2.24) is 4.90 Å². The van der Waals surface area contributed by atoms with Gasteiger partial charge in [-0.2, -0.15) is 0 Å². The molecule has 0 aromatic heterocycles. The summed E-state index contributed by atoms with van der Waals surface area (Å²) < 4.78 is 0. The van der Waals surface area contributed by atoms with Crippen molar-refractivity contribution in [1.29, 1.82) is 0 Å². The number of hydrogen-bond acceptors (Lipinski definition) is 3. The van der Waals surface area contributed by atoms with Crippen molar-refractivity contribution in [3.05, 3.63) is 35.4 Å². The maximum atomic E-state index is 12.8. The predicted octanol–water partition coefficient (Wildman–Crippen LogP) is 2.17. The number of rotatable bonds is 5. The molecule has 0 saturated carbocycles. The molecule has 0 aliphatic carbocycles. The van der Waals surface area contributed by atoms with Gasteiger partial charge in [0.1, 0.15) is 0 Å². The molecule has 2 atom stereocenters. The minimum absolute atomic E-state index is 0.0990. The van der Waals surface area contributed by atoms with Gasteiger partial charge >= 0.3 is 0 Å². The Labute approximate surface area is 125 Å². The van der Waals surface area contributed by atoms with Gasteiger partial charge < -0.3 is 5.11 Å². The number of nitrogens with zero attached hydrogens (tertiary/aromatic N) is 1. The SMILES string of the molecule is CC[C@H](O)CN1C(=O)C[C@](CC)(c2ccc(C)cc2)C1=O. The van der Waals surface area contributed by atoms with Crippen molar-refractivity contribution in [2.75, 3.05) is 6.54 Å². The molecule has 0 radical (unpaired) electrons. The van der Waals surface area contributed by atoms with Crippen molar-refractivity contribution in [3.8, 4) is 0 Å². The second-order valence-electron chi connectivity index (χ2n) is 5.85. The summed E-state index contributed by atoms with van der Waals surface area (Å²) in [5.41, 5.74) is 1.25. The van der Waals surface area contributed by atoms with Crippen LogP contribution in [0.2, 0.25) is 0 Å². The summed E-state index contributed by atoms with van der Waals surface area (Å²) in [7, 11) is 0. The zero-order valence-corrected chi connectivity index (χ0v) is 12.9. The monoisotopic (exact) mass is 289 g/mol. The first-order valence-electron chi connectivity index (χ1n) is 7.54. The Morgan fingerprint density at radius 2 is 1.86 bits per heavy atom. The number of amides is 2. The number of carbonyl (C=O) groups is 2. The number of aliphatic hydroxyl groups is 1. The topological polar surface area (TPSA) is 57.6 Å². The smallest absolute Gasteiger partial charge is 0.240 e. The van der Waals surface area contributed by atoms with Gasteiger partial charge in [0.05, 0.1) is 18.1 Å². The fourth-order valence-electron chi connectivity index (χ4n) is 2.90. The van der Waals surface area contributed by atoms with Crippen LogP contribution in [0.5, 0.6) is 0 Å². The first-order valence-corrected chi connectivity index (χ1v) is 7.54. The van der Waals surface area contributed by atoms with Crippen LogP contribution in [0.4, 0.5) is 0 Å². The van der Waals surface area contributed by atoms with Crippen molar-refractivity contribution < 1.29 is 14.7 Å². The van der Waals surface area contributed by atoms with Gasteiger partial charge in [0.15, 0.2) is 0 Å². The number of benzene rings is 1. The van der Waals surface area contributed by atoms with E-state index in [1.54, 1.807) is 0 Å². The third-order valence-corrected chi connectivity index (χ3v) is 4.48. The van der Waals surface area contributed by atoms with Crippen LogP contribution in [0.15, 0.2) is 24.3 Å². The average Bonchev–Trinajstić information content (AvgIpc) is 2.73. The molecule has 4 heteroatoms. The van der Waals surface area contributed by atoms with Crippen LogP contribution < -0.4 is 0 Å². The van der Waals surface area contributed by atoms with Crippen LogP contribution >= 0.6 is 0 Å². The maximum Gasteiger partial charge on any atom is 0.240 e. The fourth-order valence-corrected chi connectivity index (χ4v) is 2.90. The molecule has 1 aromatic rings. The lowest BCUT2D eigenvalue weighted by Gasteiger charge is -2.26. The van der Waals surface area contributed by atoms with Gasteiger partial charge in [0.2, 0.25) is 11.8 Å². The number of β-amino-alcohol motifs (C(OH)–C–C–N with tert-alkyl or cyclic N) is 1. The molecular weight excluding hydrogens is 266 g/mol. The lowest BCUT2D eigenvalue weighted by molar-refractivity contribution is -0.141. The van der Waals surface area contributed by atoms with E-state index in [9.17, 15) is 14.7 Å². The van der Waals surface area contributed by atoms with Gasteiger partial charge in [-0.05, 0) is 25.3 Å². The van der Waals surface area contributed by atoms with Gasteiger partial charge in [0, 0.05) is 6.42 Å². The van der Waals surface area contributed by atoms with Gasteiger partial charge in [-0.25, -0.2) is 0 Å². The second-order valence-corrected chi connectivity index (χ2v) is 5.85. The average molecular weight is 289 g/mol. The van der Waals surface area contributed by atoms with Crippen molar-refractivity contribution in [3.63, 3.8) is 0 Å². The zero-order chi connectivity index (χ0) is 15.6. The normalized spacial score (nSPS) is 23.7. The lowest BCUT2D eigenvalue weighted by atomic mass is 9.76. The number of aliphatic hydroxyl groups excluding tert-OH is 1. The first kappa shape index (κ1) is 15.7. The molecular formula is C17H23NO3. The van der Waals surface area contributed by atoms with E-state index in [1.165, 1.54) is 4.90 Å². The van der Waals surface area contributed by atoms with E-state index in [1.807, 2.05) is 45.0 Å². The molecule has 1 fully saturated rings. The highest BCUT2D eigenvalue weighted by atomic mass is 16.3. The summed E-state index contributed by atoms with van der Waals surface area (Å²) in [4.78, 5) is 26.3. The van der Waals surface area contributed by atoms with Crippen LogP contribution in [0.1, 0.15) is 44.2 Å². The molecule has 1 aliphatic heterocycles. The molecule has 0 bridgehead atoms.